The molecule has 0 aromatic rings. The second-order valence-electron chi connectivity index (χ2n) is 4.09. The SMILES string of the molecule is CC1(C)C2=C(O)CC1CC2. The van der Waals surface area contributed by atoms with Crippen molar-refractivity contribution in [3.63, 3.8) is 0 Å². The molecule has 2 rings (SSSR count). The molecule has 1 saturated carbocycles. The van der Waals surface area contributed by atoms with Crippen LogP contribution in [0.4, 0.5) is 0 Å². The standard InChI is InChI=1S/C9H14O/c1-9(2)6-3-4-7(9)8(10)5-6/h6,10H,3-5H2,1-2H3. The van der Waals surface area contributed by atoms with Gasteiger partial charge in [-0.3, -0.25) is 0 Å². The van der Waals surface area contributed by atoms with E-state index in [2.05, 4.69) is 13.8 Å². The fourth-order valence-electron chi connectivity index (χ4n) is 2.48. The summed E-state index contributed by atoms with van der Waals surface area (Å²) in [6.07, 6.45) is 3.39. The minimum absolute atomic E-state index is 0.323. The van der Waals surface area contributed by atoms with E-state index in [1.165, 1.54) is 12.0 Å². The van der Waals surface area contributed by atoms with E-state index in [1.807, 2.05) is 0 Å². The molecule has 1 fully saturated rings. The van der Waals surface area contributed by atoms with E-state index >= 15 is 0 Å². The van der Waals surface area contributed by atoms with Gasteiger partial charge in [0.05, 0.1) is 5.76 Å². The number of fused-ring (bicyclic) bond motifs is 2. The zero-order chi connectivity index (χ0) is 7.35. The lowest BCUT2D eigenvalue weighted by molar-refractivity contribution is 0.307. The Morgan fingerprint density at radius 2 is 2.20 bits per heavy atom. The summed E-state index contributed by atoms with van der Waals surface area (Å²) in [6.45, 7) is 4.51. The first-order chi connectivity index (χ1) is 4.62. The average Bonchev–Trinajstić information content (AvgIpc) is 2.20. The Kier molecular flexibility index (Phi) is 0.988. The second kappa shape index (κ2) is 1.58. The van der Waals surface area contributed by atoms with E-state index in [0.29, 0.717) is 11.2 Å². The molecule has 0 aromatic heterocycles. The van der Waals surface area contributed by atoms with Gasteiger partial charge in [0.1, 0.15) is 0 Å². The normalized spacial score (nSPS) is 35.6. The molecule has 56 valence electrons. The number of aliphatic hydroxyl groups is 1. The van der Waals surface area contributed by atoms with Crippen molar-refractivity contribution in [1.82, 2.24) is 0 Å². The first kappa shape index (κ1) is 6.26. The van der Waals surface area contributed by atoms with Gasteiger partial charge in [0.25, 0.3) is 0 Å². The minimum atomic E-state index is 0.323. The summed E-state index contributed by atoms with van der Waals surface area (Å²) in [5, 5.41) is 9.43. The summed E-state index contributed by atoms with van der Waals surface area (Å²) in [5.74, 6) is 1.43. The fourth-order valence-corrected chi connectivity index (χ4v) is 2.48. The van der Waals surface area contributed by atoms with Gasteiger partial charge in [0.15, 0.2) is 0 Å². The lowest BCUT2D eigenvalue weighted by Gasteiger charge is -2.20. The predicted octanol–water partition coefficient (Wildman–Crippen LogP) is 2.64. The summed E-state index contributed by atoms with van der Waals surface area (Å²) in [4.78, 5) is 0. The quantitative estimate of drug-likeness (QED) is 0.545. The fraction of sp³-hybridized carbons (Fsp3) is 0.778. The van der Waals surface area contributed by atoms with Crippen LogP contribution in [-0.4, -0.2) is 5.11 Å². The van der Waals surface area contributed by atoms with Crippen molar-refractivity contribution in [1.29, 1.82) is 0 Å². The molecule has 1 nitrogen and oxygen atoms in total. The van der Waals surface area contributed by atoms with Crippen LogP contribution in [0.25, 0.3) is 0 Å². The van der Waals surface area contributed by atoms with Gasteiger partial charge in [-0.2, -0.15) is 0 Å². The third-order valence-electron chi connectivity index (χ3n) is 3.33. The van der Waals surface area contributed by atoms with Crippen molar-refractivity contribution in [3.05, 3.63) is 11.3 Å². The summed E-state index contributed by atoms with van der Waals surface area (Å²) >= 11 is 0. The smallest absolute Gasteiger partial charge is 0.0923 e. The van der Waals surface area contributed by atoms with Crippen LogP contribution in [0, 0.1) is 11.3 Å². The molecule has 1 unspecified atom stereocenters. The van der Waals surface area contributed by atoms with Crippen LogP contribution >= 0.6 is 0 Å². The molecule has 0 spiro atoms. The Bertz CT molecular complexity index is 201. The number of allylic oxidation sites excluding steroid dienone is 2. The van der Waals surface area contributed by atoms with Crippen LogP contribution in [0.3, 0.4) is 0 Å². The topological polar surface area (TPSA) is 20.2 Å². The predicted molar refractivity (Wildman–Crippen MR) is 40.8 cm³/mol. The maximum Gasteiger partial charge on any atom is 0.0923 e. The van der Waals surface area contributed by atoms with Gasteiger partial charge >= 0.3 is 0 Å². The highest BCUT2D eigenvalue weighted by atomic mass is 16.3. The van der Waals surface area contributed by atoms with Crippen molar-refractivity contribution in [2.45, 2.75) is 33.1 Å². The summed E-state index contributed by atoms with van der Waals surface area (Å²) in [7, 11) is 0. The molecule has 1 atom stereocenters. The van der Waals surface area contributed by atoms with Crippen molar-refractivity contribution in [2.75, 3.05) is 0 Å². The van der Waals surface area contributed by atoms with Crippen molar-refractivity contribution in [3.8, 4) is 0 Å². The second-order valence-corrected chi connectivity index (χ2v) is 4.09. The Hall–Kier alpha value is -0.460. The van der Waals surface area contributed by atoms with Crippen LogP contribution < -0.4 is 0 Å². The monoisotopic (exact) mass is 138 g/mol. The maximum absolute atomic E-state index is 9.43. The van der Waals surface area contributed by atoms with Gasteiger partial charge in [-0.15, -0.1) is 0 Å². The van der Waals surface area contributed by atoms with Crippen LogP contribution in [-0.2, 0) is 0 Å². The van der Waals surface area contributed by atoms with Gasteiger partial charge in [-0.25, -0.2) is 0 Å². The van der Waals surface area contributed by atoms with Crippen LogP contribution in [0.1, 0.15) is 33.1 Å². The molecule has 0 amide bonds. The summed E-state index contributed by atoms with van der Waals surface area (Å²) in [6, 6.07) is 0. The molecule has 2 aliphatic carbocycles. The molecule has 0 aliphatic heterocycles. The van der Waals surface area contributed by atoms with Gasteiger partial charge in [-0.05, 0) is 29.7 Å². The highest BCUT2D eigenvalue weighted by Crippen LogP contribution is 2.55. The molecule has 0 saturated heterocycles. The lowest BCUT2D eigenvalue weighted by atomic mass is 9.83. The Labute approximate surface area is 61.8 Å². The Morgan fingerprint density at radius 3 is 2.40 bits per heavy atom. The van der Waals surface area contributed by atoms with Crippen LogP contribution in [0.5, 0.6) is 0 Å². The summed E-state index contributed by atoms with van der Waals surface area (Å²) in [5.41, 5.74) is 1.65. The third-order valence-corrected chi connectivity index (χ3v) is 3.33. The highest BCUT2D eigenvalue weighted by Gasteiger charge is 2.45. The van der Waals surface area contributed by atoms with Crippen molar-refractivity contribution < 1.29 is 5.11 Å². The average molecular weight is 138 g/mol. The Morgan fingerprint density at radius 1 is 1.50 bits per heavy atom. The zero-order valence-corrected chi connectivity index (χ0v) is 6.65. The van der Waals surface area contributed by atoms with Crippen molar-refractivity contribution in [2.24, 2.45) is 11.3 Å². The molecule has 0 aromatic carbocycles. The molecule has 1 N–H and O–H groups in total. The molecule has 0 radical (unpaired) electrons. The van der Waals surface area contributed by atoms with E-state index in [0.717, 1.165) is 18.8 Å². The van der Waals surface area contributed by atoms with Gasteiger partial charge in [0.2, 0.25) is 0 Å². The van der Waals surface area contributed by atoms with Gasteiger partial charge in [0, 0.05) is 6.42 Å². The molecule has 2 bridgehead atoms. The zero-order valence-electron chi connectivity index (χ0n) is 6.65. The van der Waals surface area contributed by atoms with E-state index in [1.54, 1.807) is 0 Å². The number of aliphatic hydroxyl groups excluding tert-OH is 1. The molecule has 1 heteroatoms. The summed E-state index contributed by atoms with van der Waals surface area (Å²) < 4.78 is 0. The largest absolute Gasteiger partial charge is 0.512 e. The number of hydrogen-bond donors (Lipinski definition) is 1. The Balaban J connectivity index is 2.45. The highest BCUT2D eigenvalue weighted by molar-refractivity contribution is 5.29. The molecule has 0 heterocycles. The lowest BCUT2D eigenvalue weighted by Crippen LogP contribution is -2.13. The van der Waals surface area contributed by atoms with E-state index in [4.69, 9.17) is 0 Å². The van der Waals surface area contributed by atoms with Crippen LogP contribution in [0.2, 0.25) is 0 Å². The molecule has 10 heavy (non-hydrogen) atoms. The molecule has 2 aliphatic rings. The third kappa shape index (κ3) is 0.536. The maximum atomic E-state index is 9.43. The minimum Gasteiger partial charge on any atom is -0.512 e. The van der Waals surface area contributed by atoms with Gasteiger partial charge < -0.3 is 5.11 Å². The van der Waals surface area contributed by atoms with Gasteiger partial charge in [-0.1, -0.05) is 13.8 Å². The molecular formula is C9H14O. The van der Waals surface area contributed by atoms with Crippen LogP contribution in [0.15, 0.2) is 11.3 Å². The van der Waals surface area contributed by atoms with E-state index in [9.17, 15) is 5.11 Å². The first-order valence-corrected chi connectivity index (χ1v) is 4.04. The first-order valence-electron chi connectivity index (χ1n) is 4.04. The number of hydrogen-bond acceptors (Lipinski definition) is 1. The van der Waals surface area contributed by atoms with E-state index in [-0.39, 0.29) is 0 Å². The molecular weight excluding hydrogens is 124 g/mol. The number of rotatable bonds is 0. The van der Waals surface area contributed by atoms with Crippen molar-refractivity contribution >= 4 is 0 Å². The van der Waals surface area contributed by atoms with E-state index < -0.39 is 0 Å².